The van der Waals surface area contributed by atoms with Gasteiger partial charge in [-0.15, -0.1) is 13.2 Å². The lowest BCUT2D eigenvalue weighted by Gasteiger charge is -2.12. The fraction of sp³-hybridized carbons (Fsp3) is 0.417. The van der Waals surface area contributed by atoms with E-state index in [0.717, 1.165) is 24.3 Å². The van der Waals surface area contributed by atoms with Gasteiger partial charge >= 0.3 is 12.3 Å². The first kappa shape index (κ1) is 17.3. The lowest BCUT2D eigenvalue weighted by molar-refractivity contribution is -0.274. The van der Waals surface area contributed by atoms with Crippen molar-refractivity contribution in [3.05, 3.63) is 29.8 Å². The topological polar surface area (TPSA) is 80.7 Å². The fourth-order valence-electron chi connectivity index (χ4n) is 1.70. The summed E-state index contributed by atoms with van der Waals surface area (Å²) in [6.45, 7) is 1.43. The van der Waals surface area contributed by atoms with Crippen molar-refractivity contribution in [2.24, 2.45) is 0 Å². The van der Waals surface area contributed by atoms with Crippen LogP contribution in [0.1, 0.15) is 18.9 Å². The van der Waals surface area contributed by atoms with Crippen LogP contribution in [0.25, 0.3) is 0 Å². The lowest BCUT2D eigenvalue weighted by Crippen LogP contribution is -2.30. The zero-order valence-corrected chi connectivity index (χ0v) is 11.7. The van der Waals surface area contributed by atoms with Crippen LogP contribution < -0.4 is 4.74 Å². The molecule has 1 aromatic carbocycles. The maximum atomic E-state index is 12.0. The molecule has 21 heavy (non-hydrogen) atoms. The number of hydrogen-bond donors (Lipinski definition) is 1. The number of carboxylic acid groups (broad SMARTS) is 1. The van der Waals surface area contributed by atoms with E-state index in [1.165, 1.54) is 6.92 Å². The molecule has 0 amide bonds. The van der Waals surface area contributed by atoms with Crippen molar-refractivity contribution in [3.63, 3.8) is 0 Å². The molecule has 1 rings (SSSR count). The number of ether oxygens (including phenoxy) is 1. The summed E-state index contributed by atoms with van der Waals surface area (Å²) in [5.41, 5.74) is 0.184. The summed E-state index contributed by atoms with van der Waals surface area (Å²) in [4.78, 5) is 10.9. The number of alkyl halides is 3. The molecule has 9 heteroatoms. The van der Waals surface area contributed by atoms with Crippen LogP contribution in [-0.2, 0) is 20.4 Å². The van der Waals surface area contributed by atoms with Crippen LogP contribution in [0.3, 0.4) is 0 Å². The SMILES string of the molecule is CCC(C(=O)O)S(=O)(=O)Cc1ccc(OC(F)(F)F)cc1. The minimum Gasteiger partial charge on any atom is -0.480 e. The Morgan fingerprint density at radius 2 is 1.81 bits per heavy atom. The highest BCUT2D eigenvalue weighted by atomic mass is 32.2. The van der Waals surface area contributed by atoms with Crippen LogP contribution in [0, 0.1) is 0 Å². The van der Waals surface area contributed by atoms with Crippen LogP contribution >= 0.6 is 0 Å². The Morgan fingerprint density at radius 1 is 1.29 bits per heavy atom. The van der Waals surface area contributed by atoms with E-state index in [-0.39, 0.29) is 12.0 Å². The zero-order chi connectivity index (χ0) is 16.3. The van der Waals surface area contributed by atoms with Crippen molar-refractivity contribution in [3.8, 4) is 5.75 Å². The summed E-state index contributed by atoms with van der Waals surface area (Å²) in [6, 6.07) is 4.24. The van der Waals surface area contributed by atoms with E-state index in [2.05, 4.69) is 4.74 Å². The first-order valence-corrected chi connectivity index (χ1v) is 7.56. The van der Waals surface area contributed by atoms with Crippen molar-refractivity contribution in [2.45, 2.75) is 30.7 Å². The molecule has 0 heterocycles. The minimum atomic E-state index is -4.83. The monoisotopic (exact) mass is 326 g/mol. The molecule has 0 aliphatic carbocycles. The molecule has 0 fully saturated rings. The van der Waals surface area contributed by atoms with Gasteiger partial charge in [0.15, 0.2) is 15.1 Å². The molecular formula is C12H13F3O5S. The lowest BCUT2D eigenvalue weighted by atomic mass is 10.2. The highest BCUT2D eigenvalue weighted by Crippen LogP contribution is 2.23. The second-order valence-corrected chi connectivity index (χ2v) is 6.42. The summed E-state index contributed by atoms with van der Waals surface area (Å²) >= 11 is 0. The van der Waals surface area contributed by atoms with Gasteiger partial charge < -0.3 is 9.84 Å². The van der Waals surface area contributed by atoms with Gasteiger partial charge in [-0.05, 0) is 24.1 Å². The van der Waals surface area contributed by atoms with Crippen LogP contribution in [0.5, 0.6) is 5.75 Å². The smallest absolute Gasteiger partial charge is 0.480 e. The largest absolute Gasteiger partial charge is 0.573 e. The summed E-state index contributed by atoms with van der Waals surface area (Å²) in [5.74, 6) is -2.49. The third-order valence-electron chi connectivity index (χ3n) is 2.60. The van der Waals surface area contributed by atoms with E-state index in [1.54, 1.807) is 0 Å². The molecule has 0 aliphatic rings. The third-order valence-corrected chi connectivity index (χ3v) is 4.74. The van der Waals surface area contributed by atoms with Gasteiger partial charge in [-0.1, -0.05) is 19.1 Å². The Morgan fingerprint density at radius 3 is 2.19 bits per heavy atom. The molecule has 118 valence electrons. The molecule has 0 aliphatic heterocycles. The summed E-state index contributed by atoms with van der Waals surface area (Å²) < 4.78 is 63.3. The second kappa shape index (κ2) is 6.33. The van der Waals surface area contributed by atoms with Gasteiger partial charge in [0.2, 0.25) is 0 Å². The van der Waals surface area contributed by atoms with E-state index >= 15 is 0 Å². The van der Waals surface area contributed by atoms with Gasteiger partial charge in [0, 0.05) is 0 Å². The predicted octanol–water partition coefficient (Wildman–Crippen LogP) is 2.36. The Bertz CT molecular complexity index is 592. The molecule has 1 atom stereocenters. The van der Waals surface area contributed by atoms with E-state index in [0.29, 0.717) is 0 Å². The fourth-order valence-corrected chi connectivity index (χ4v) is 3.38. The van der Waals surface area contributed by atoms with Gasteiger partial charge in [0.25, 0.3) is 0 Å². The maximum Gasteiger partial charge on any atom is 0.573 e. The number of sulfone groups is 1. The quantitative estimate of drug-likeness (QED) is 0.868. The number of rotatable bonds is 6. The van der Waals surface area contributed by atoms with Gasteiger partial charge in [-0.2, -0.15) is 0 Å². The molecule has 1 N–H and O–H groups in total. The Labute approximate surface area is 119 Å². The Balaban J connectivity index is 2.87. The number of benzene rings is 1. The molecule has 5 nitrogen and oxygen atoms in total. The molecule has 0 spiro atoms. The van der Waals surface area contributed by atoms with E-state index in [1.807, 2.05) is 0 Å². The Kier molecular flexibility index (Phi) is 5.21. The van der Waals surface area contributed by atoms with E-state index < -0.39 is 38.9 Å². The van der Waals surface area contributed by atoms with Crippen LogP contribution in [0.15, 0.2) is 24.3 Å². The summed E-state index contributed by atoms with van der Waals surface area (Å²) in [6.07, 6.45) is -4.92. The minimum absolute atomic E-state index is 0.0903. The molecule has 0 saturated carbocycles. The standard InChI is InChI=1S/C12H13F3O5S/c1-2-10(11(16)17)21(18,19)7-8-3-5-9(6-4-8)20-12(13,14)15/h3-6,10H,2,7H2,1H3,(H,16,17). The van der Waals surface area contributed by atoms with Gasteiger partial charge in [0.1, 0.15) is 5.75 Å². The highest BCUT2D eigenvalue weighted by Gasteiger charge is 2.32. The van der Waals surface area contributed by atoms with E-state index in [4.69, 9.17) is 5.11 Å². The first-order valence-electron chi connectivity index (χ1n) is 5.84. The van der Waals surface area contributed by atoms with Gasteiger partial charge in [-0.3, -0.25) is 4.79 Å². The average molecular weight is 326 g/mol. The van der Waals surface area contributed by atoms with Crippen LogP contribution in [-0.4, -0.2) is 31.1 Å². The molecule has 0 bridgehead atoms. The molecule has 0 radical (unpaired) electrons. The molecule has 0 aromatic heterocycles. The third kappa shape index (κ3) is 5.25. The van der Waals surface area contributed by atoms with Crippen LogP contribution in [0.4, 0.5) is 13.2 Å². The molecule has 1 aromatic rings. The number of aliphatic carboxylic acids is 1. The van der Waals surface area contributed by atoms with Crippen molar-refractivity contribution >= 4 is 15.8 Å². The number of hydrogen-bond acceptors (Lipinski definition) is 4. The van der Waals surface area contributed by atoms with Gasteiger partial charge in [0.05, 0.1) is 5.75 Å². The number of carbonyl (C=O) groups is 1. The van der Waals surface area contributed by atoms with Crippen molar-refractivity contribution in [2.75, 3.05) is 0 Å². The van der Waals surface area contributed by atoms with Crippen molar-refractivity contribution in [1.82, 2.24) is 0 Å². The maximum absolute atomic E-state index is 12.0. The van der Waals surface area contributed by atoms with E-state index in [9.17, 15) is 26.4 Å². The average Bonchev–Trinajstić information content (AvgIpc) is 2.29. The zero-order valence-electron chi connectivity index (χ0n) is 10.9. The highest BCUT2D eigenvalue weighted by molar-refractivity contribution is 7.92. The van der Waals surface area contributed by atoms with Gasteiger partial charge in [-0.25, -0.2) is 8.42 Å². The van der Waals surface area contributed by atoms with Crippen molar-refractivity contribution in [1.29, 1.82) is 0 Å². The summed E-state index contributed by atoms with van der Waals surface area (Å²) in [5, 5.41) is 7.30. The Hall–Kier alpha value is -1.77. The normalized spacial score (nSPS) is 13.7. The predicted molar refractivity (Wildman–Crippen MR) is 67.5 cm³/mol. The number of carboxylic acids is 1. The summed E-state index contributed by atoms with van der Waals surface area (Å²) in [7, 11) is -3.94. The number of halogens is 3. The van der Waals surface area contributed by atoms with Crippen LogP contribution in [0.2, 0.25) is 0 Å². The molecular weight excluding hydrogens is 313 g/mol. The second-order valence-electron chi connectivity index (χ2n) is 4.23. The van der Waals surface area contributed by atoms with Crippen molar-refractivity contribution < 1.29 is 36.2 Å². The first-order chi connectivity index (χ1) is 9.55. The molecule has 1 unspecified atom stereocenters. The molecule has 0 saturated heterocycles.